The van der Waals surface area contributed by atoms with Crippen molar-refractivity contribution in [3.8, 4) is 5.75 Å². The molecular weight excluding hydrogens is 366 g/mol. The summed E-state index contributed by atoms with van der Waals surface area (Å²) in [5.74, 6) is -0.0198. The van der Waals surface area contributed by atoms with Crippen LogP contribution in [0.1, 0.15) is 56.6 Å². The number of carbonyl (C=O) groups is 2. The summed E-state index contributed by atoms with van der Waals surface area (Å²) in [6.45, 7) is 10.8. The smallest absolute Gasteiger partial charge is 0.255 e. The zero-order valence-electron chi connectivity index (χ0n) is 17.8. The van der Waals surface area contributed by atoms with Crippen LogP contribution in [0, 0.1) is 5.92 Å². The lowest BCUT2D eigenvalue weighted by Crippen LogP contribution is -2.27. The number of anilines is 2. The number of nitrogens with one attached hydrogen (secondary N) is 3. The first-order chi connectivity index (χ1) is 13.8. The van der Waals surface area contributed by atoms with Crippen LogP contribution in [0.4, 0.5) is 11.4 Å². The van der Waals surface area contributed by atoms with Crippen molar-refractivity contribution in [1.29, 1.82) is 0 Å². The largest absolute Gasteiger partial charge is 0.493 e. The third-order valence-corrected chi connectivity index (χ3v) is 4.43. The van der Waals surface area contributed by atoms with Gasteiger partial charge in [-0.2, -0.15) is 0 Å². The Balaban J connectivity index is 2.22. The minimum absolute atomic E-state index is 0.103. The molecule has 3 N–H and O–H groups in total. The van der Waals surface area contributed by atoms with Crippen molar-refractivity contribution in [3.63, 3.8) is 0 Å². The second-order valence-corrected chi connectivity index (χ2v) is 7.14. The summed E-state index contributed by atoms with van der Waals surface area (Å²) in [5, 5.41) is 9.13. The molecule has 0 spiro atoms. The molecule has 6 nitrogen and oxygen atoms in total. The standard InChI is InChI=1S/C23H31N3O3/c1-6-24-18-10-8-9-17(13-18)16(5)25-23(28)20-14-19(26-22(27)15(3)4)11-12-21(20)29-7-2/h8-16,24H,6-7H2,1-5H3,(H,25,28)(H,26,27). The van der Waals surface area contributed by atoms with Crippen molar-refractivity contribution < 1.29 is 14.3 Å². The summed E-state index contributed by atoms with van der Waals surface area (Å²) in [4.78, 5) is 25.0. The predicted molar refractivity (Wildman–Crippen MR) is 118 cm³/mol. The maximum Gasteiger partial charge on any atom is 0.255 e. The van der Waals surface area contributed by atoms with Crippen LogP contribution in [-0.4, -0.2) is 25.0 Å². The Morgan fingerprint density at radius 3 is 2.41 bits per heavy atom. The van der Waals surface area contributed by atoms with Crippen molar-refractivity contribution in [2.75, 3.05) is 23.8 Å². The quantitative estimate of drug-likeness (QED) is 0.578. The summed E-state index contributed by atoms with van der Waals surface area (Å²) in [6, 6.07) is 12.9. The van der Waals surface area contributed by atoms with E-state index in [0.29, 0.717) is 23.6 Å². The second kappa shape index (κ2) is 10.5. The average Bonchev–Trinajstić information content (AvgIpc) is 2.69. The van der Waals surface area contributed by atoms with Gasteiger partial charge in [-0.05, 0) is 56.7 Å². The Bertz CT molecular complexity index is 849. The lowest BCUT2D eigenvalue weighted by molar-refractivity contribution is -0.118. The Hall–Kier alpha value is -3.02. The fourth-order valence-electron chi connectivity index (χ4n) is 2.83. The number of hydrogen-bond acceptors (Lipinski definition) is 4. The molecule has 2 aromatic rings. The number of benzene rings is 2. The summed E-state index contributed by atoms with van der Waals surface area (Å²) < 4.78 is 5.62. The first-order valence-corrected chi connectivity index (χ1v) is 10.1. The molecule has 0 saturated carbocycles. The minimum Gasteiger partial charge on any atom is -0.493 e. The van der Waals surface area contributed by atoms with Crippen LogP contribution in [0.2, 0.25) is 0 Å². The van der Waals surface area contributed by atoms with Gasteiger partial charge in [0.1, 0.15) is 5.75 Å². The average molecular weight is 398 g/mol. The van der Waals surface area contributed by atoms with Gasteiger partial charge < -0.3 is 20.7 Å². The molecule has 6 heteroatoms. The van der Waals surface area contributed by atoms with Gasteiger partial charge in [-0.15, -0.1) is 0 Å². The maximum absolute atomic E-state index is 13.0. The predicted octanol–water partition coefficient (Wildman–Crippen LogP) is 4.60. The molecule has 1 atom stereocenters. The molecule has 0 aliphatic carbocycles. The summed E-state index contributed by atoms with van der Waals surface area (Å²) in [7, 11) is 0. The molecule has 0 aliphatic heterocycles. The van der Waals surface area contributed by atoms with E-state index in [1.807, 2.05) is 58.9 Å². The van der Waals surface area contributed by atoms with Crippen molar-refractivity contribution in [1.82, 2.24) is 5.32 Å². The van der Waals surface area contributed by atoms with Crippen LogP contribution in [-0.2, 0) is 4.79 Å². The molecule has 0 radical (unpaired) electrons. The molecular formula is C23H31N3O3. The van der Waals surface area contributed by atoms with E-state index in [0.717, 1.165) is 17.8 Å². The Kier molecular flexibility index (Phi) is 8.07. The Labute approximate surface area is 173 Å². The molecule has 1 unspecified atom stereocenters. The number of rotatable bonds is 9. The van der Waals surface area contributed by atoms with E-state index in [9.17, 15) is 9.59 Å². The number of hydrogen-bond donors (Lipinski definition) is 3. The van der Waals surface area contributed by atoms with Crippen LogP contribution in [0.25, 0.3) is 0 Å². The first-order valence-electron chi connectivity index (χ1n) is 10.1. The zero-order chi connectivity index (χ0) is 21.4. The van der Waals surface area contributed by atoms with Crippen molar-refractivity contribution in [2.24, 2.45) is 5.92 Å². The molecule has 2 amide bonds. The van der Waals surface area contributed by atoms with Crippen molar-refractivity contribution >= 4 is 23.2 Å². The van der Waals surface area contributed by atoms with E-state index < -0.39 is 0 Å². The molecule has 0 bridgehead atoms. The van der Waals surface area contributed by atoms with Crippen LogP contribution in [0.15, 0.2) is 42.5 Å². The Morgan fingerprint density at radius 1 is 1.00 bits per heavy atom. The second-order valence-electron chi connectivity index (χ2n) is 7.14. The van der Waals surface area contributed by atoms with Crippen LogP contribution in [0.5, 0.6) is 5.75 Å². The monoisotopic (exact) mass is 397 g/mol. The highest BCUT2D eigenvalue weighted by Crippen LogP contribution is 2.25. The third kappa shape index (κ3) is 6.24. The molecule has 2 aromatic carbocycles. The fourth-order valence-corrected chi connectivity index (χ4v) is 2.83. The SMILES string of the molecule is CCNc1cccc(C(C)NC(=O)c2cc(NC(=O)C(C)C)ccc2OCC)c1. The van der Waals surface area contributed by atoms with E-state index in [2.05, 4.69) is 16.0 Å². The van der Waals surface area contributed by atoms with Gasteiger partial charge in [0, 0.05) is 23.8 Å². The normalized spacial score (nSPS) is 11.7. The Morgan fingerprint density at radius 2 is 1.76 bits per heavy atom. The van der Waals surface area contributed by atoms with Gasteiger partial charge in [0.25, 0.3) is 5.91 Å². The molecule has 0 heterocycles. The lowest BCUT2D eigenvalue weighted by atomic mass is 10.1. The summed E-state index contributed by atoms with van der Waals surface area (Å²) in [6.07, 6.45) is 0. The number of ether oxygens (including phenoxy) is 1. The molecule has 0 aliphatic rings. The summed E-state index contributed by atoms with van der Waals surface area (Å²) in [5.41, 5.74) is 2.97. The highest BCUT2D eigenvalue weighted by molar-refractivity contribution is 6.00. The van der Waals surface area contributed by atoms with Gasteiger partial charge >= 0.3 is 0 Å². The molecule has 0 fully saturated rings. The van der Waals surface area contributed by atoms with Crippen LogP contribution < -0.4 is 20.7 Å². The van der Waals surface area contributed by atoms with E-state index in [1.54, 1.807) is 18.2 Å². The molecule has 0 saturated heterocycles. The van der Waals surface area contributed by atoms with Gasteiger partial charge in [0.2, 0.25) is 5.91 Å². The van der Waals surface area contributed by atoms with Gasteiger partial charge in [0.15, 0.2) is 0 Å². The number of carbonyl (C=O) groups excluding carboxylic acids is 2. The molecule has 29 heavy (non-hydrogen) atoms. The number of amides is 2. The molecule has 0 aromatic heterocycles. The van der Waals surface area contributed by atoms with E-state index in [4.69, 9.17) is 4.74 Å². The maximum atomic E-state index is 13.0. The van der Waals surface area contributed by atoms with Gasteiger partial charge in [-0.25, -0.2) is 0 Å². The third-order valence-electron chi connectivity index (χ3n) is 4.43. The fraction of sp³-hybridized carbons (Fsp3) is 0.391. The van der Waals surface area contributed by atoms with E-state index >= 15 is 0 Å². The topological polar surface area (TPSA) is 79.5 Å². The van der Waals surface area contributed by atoms with Gasteiger partial charge in [-0.3, -0.25) is 9.59 Å². The molecule has 156 valence electrons. The molecule has 2 rings (SSSR count). The summed E-state index contributed by atoms with van der Waals surface area (Å²) >= 11 is 0. The van der Waals surface area contributed by atoms with Gasteiger partial charge in [0.05, 0.1) is 18.2 Å². The zero-order valence-corrected chi connectivity index (χ0v) is 17.8. The minimum atomic E-state index is -0.254. The van der Waals surface area contributed by atoms with Crippen LogP contribution in [0.3, 0.4) is 0 Å². The van der Waals surface area contributed by atoms with Crippen LogP contribution >= 0.6 is 0 Å². The highest BCUT2D eigenvalue weighted by Gasteiger charge is 2.18. The van der Waals surface area contributed by atoms with Gasteiger partial charge in [-0.1, -0.05) is 26.0 Å². The lowest BCUT2D eigenvalue weighted by Gasteiger charge is -2.18. The first kappa shape index (κ1) is 22.3. The van der Waals surface area contributed by atoms with Crippen molar-refractivity contribution in [2.45, 2.75) is 40.7 Å². The van der Waals surface area contributed by atoms with Crippen molar-refractivity contribution in [3.05, 3.63) is 53.6 Å². The van der Waals surface area contributed by atoms with E-state index in [-0.39, 0.29) is 23.8 Å². The van der Waals surface area contributed by atoms with E-state index in [1.165, 1.54) is 0 Å². The highest BCUT2D eigenvalue weighted by atomic mass is 16.5.